The van der Waals surface area contributed by atoms with Crippen LogP contribution in [0.5, 0.6) is 0 Å². The highest BCUT2D eigenvalue weighted by Gasteiger charge is 2.10. The molecule has 2 N–H and O–H groups in total. The molecule has 5 heteroatoms. The first-order chi connectivity index (χ1) is 7.63. The summed E-state index contributed by atoms with van der Waals surface area (Å²) >= 11 is 5.78. The summed E-state index contributed by atoms with van der Waals surface area (Å²) in [5.41, 5.74) is 5.85. The molecular weight excluding hydrogens is 230 g/mol. The number of amides is 1. The van der Waals surface area contributed by atoms with Crippen LogP contribution in [0, 0.1) is 0 Å². The van der Waals surface area contributed by atoms with Crippen LogP contribution in [0.3, 0.4) is 0 Å². The molecule has 1 aromatic carbocycles. The van der Waals surface area contributed by atoms with Crippen LogP contribution in [-0.2, 0) is 9.47 Å². The smallest absolute Gasteiger partial charge is 0.404 e. The number of rotatable bonds is 5. The van der Waals surface area contributed by atoms with Gasteiger partial charge in [0.1, 0.15) is 0 Å². The molecule has 0 aliphatic heterocycles. The average molecular weight is 244 g/mol. The molecule has 88 valence electrons. The van der Waals surface area contributed by atoms with E-state index in [0.29, 0.717) is 11.4 Å². The van der Waals surface area contributed by atoms with Gasteiger partial charge in [-0.15, -0.1) is 0 Å². The maximum absolute atomic E-state index is 10.4. The molecule has 16 heavy (non-hydrogen) atoms. The molecule has 0 saturated carbocycles. The fourth-order valence-corrected chi connectivity index (χ4v) is 1.49. The van der Waals surface area contributed by atoms with Crippen molar-refractivity contribution in [2.75, 3.05) is 13.7 Å². The fraction of sp³-hybridized carbons (Fsp3) is 0.364. The van der Waals surface area contributed by atoms with Crippen molar-refractivity contribution in [3.8, 4) is 0 Å². The quantitative estimate of drug-likeness (QED) is 0.864. The third-order valence-corrected chi connectivity index (χ3v) is 2.40. The molecule has 1 rings (SSSR count). The van der Waals surface area contributed by atoms with Crippen molar-refractivity contribution in [2.45, 2.75) is 12.5 Å². The number of primary amides is 1. The van der Waals surface area contributed by atoms with Crippen molar-refractivity contribution in [3.63, 3.8) is 0 Å². The molecule has 0 aromatic heterocycles. The zero-order chi connectivity index (χ0) is 12.0. The van der Waals surface area contributed by atoms with Gasteiger partial charge in [0.05, 0.1) is 12.7 Å². The molecule has 1 atom stereocenters. The van der Waals surface area contributed by atoms with E-state index >= 15 is 0 Å². The van der Waals surface area contributed by atoms with Crippen LogP contribution in [0.25, 0.3) is 0 Å². The van der Waals surface area contributed by atoms with Crippen LogP contribution in [0.1, 0.15) is 18.1 Å². The number of carbonyl (C=O) groups excluding carboxylic acids is 1. The van der Waals surface area contributed by atoms with Crippen LogP contribution >= 0.6 is 11.6 Å². The van der Waals surface area contributed by atoms with Gasteiger partial charge in [0, 0.05) is 18.6 Å². The number of ether oxygens (including phenoxy) is 2. The Labute approximate surface area is 99.3 Å². The van der Waals surface area contributed by atoms with E-state index in [9.17, 15) is 4.79 Å². The summed E-state index contributed by atoms with van der Waals surface area (Å²) < 4.78 is 9.94. The topological polar surface area (TPSA) is 61.6 Å². The predicted octanol–water partition coefficient (Wildman–Crippen LogP) is 2.51. The summed E-state index contributed by atoms with van der Waals surface area (Å²) in [4.78, 5) is 10.4. The number of hydrogen-bond acceptors (Lipinski definition) is 3. The average Bonchev–Trinajstić information content (AvgIpc) is 2.26. The monoisotopic (exact) mass is 243 g/mol. The van der Waals surface area contributed by atoms with Gasteiger partial charge in [-0.2, -0.15) is 0 Å². The van der Waals surface area contributed by atoms with Gasteiger partial charge in [0.2, 0.25) is 0 Å². The van der Waals surface area contributed by atoms with Gasteiger partial charge < -0.3 is 15.2 Å². The lowest BCUT2D eigenvalue weighted by atomic mass is 10.1. The molecule has 0 aliphatic rings. The van der Waals surface area contributed by atoms with E-state index in [-0.39, 0.29) is 12.7 Å². The Balaban J connectivity index is 2.53. The Hall–Kier alpha value is -1.26. The summed E-state index contributed by atoms with van der Waals surface area (Å²) in [6.07, 6.45) is -0.344. The first kappa shape index (κ1) is 12.8. The number of carbonyl (C=O) groups is 1. The van der Waals surface area contributed by atoms with Crippen molar-refractivity contribution < 1.29 is 14.3 Å². The van der Waals surface area contributed by atoms with Gasteiger partial charge in [0.15, 0.2) is 0 Å². The second-order valence-electron chi connectivity index (χ2n) is 3.23. The zero-order valence-corrected chi connectivity index (χ0v) is 9.74. The molecule has 0 radical (unpaired) electrons. The summed E-state index contributed by atoms with van der Waals surface area (Å²) in [6.45, 7) is 0.233. The highest BCUT2D eigenvalue weighted by molar-refractivity contribution is 6.30. The summed E-state index contributed by atoms with van der Waals surface area (Å²) in [5, 5.41) is 0.673. The highest BCUT2D eigenvalue weighted by atomic mass is 35.5. The SMILES string of the molecule is CO[C@H](CCOC(N)=O)c1ccc(Cl)cc1. The first-order valence-corrected chi connectivity index (χ1v) is 5.21. The number of methoxy groups -OCH3 is 1. The van der Waals surface area contributed by atoms with Gasteiger partial charge in [-0.05, 0) is 17.7 Å². The van der Waals surface area contributed by atoms with Gasteiger partial charge in [-0.3, -0.25) is 0 Å². The Morgan fingerprint density at radius 1 is 1.44 bits per heavy atom. The summed E-state index contributed by atoms with van der Waals surface area (Å²) in [6, 6.07) is 7.33. The molecular formula is C11H14ClNO3. The lowest BCUT2D eigenvalue weighted by molar-refractivity contribution is 0.0702. The van der Waals surface area contributed by atoms with Crippen LogP contribution in [0.2, 0.25) is 5.02 Å². The van der Waals surface area contributed by atoms with E-state index in [1.165, 1.54) is 0 Å². The standard InChI is InChI=1S/C11H14ClNO3/c1-15-10(6-7-16-11(13)14)8-2-4-9(12)5-3-8/h2-5,10H,6-7H2,1H3,(H2,13,14)/t10-/m1/s1. The van der Waals surface area contributed by atoms with E-state index in [1.807, 2.05) is 12.1 Å². The van der Waals surface area contributed by atoms with Gasteiger partial charge in [-0.25, -0.2) is 4.79 Å². The number of halogens is 1. The molecule has 0 fully saturated rings. The van der Waals surface area contributed by atoms with Crippen LogP contribution < -0.4 is 5.73 Å². The lowest BCUT2D eigenvalue weighted by Gasteiger charge is -2.15. The minimum absolute atomic E-state index is 0.128. The third-order valence-electron chi connectivity index (χ3n) is 2.15. The van der Waals surface area contributed by atoms with Crippen LogP contribution in [0.15, 0.2) is 24.3 Å². The van der Waals surface area contributed by atoms with Gasteiger partial charge >= 0.3 is 6.09 Å². The zero-order valence-electron chi connectivity index (χ0n) is 8.98. The van der Waals surface area contributed by atoms with Gasteiger partial charge in [0.25, 0.3) is 0 Å². The van der Waals surface area contributed by atoms with E-state index < -0.39 is 6.09 Å². The summed E-state index contributed by atoms with van der Waals surface area (Å²) in [5.74, 6) is 0. The van der Waals surface area contributed by atoms with Crippen molar-refractivity contribution in [1.29, 1.82) is 0 Å². The van der Waals surface area contributed by atoms with Crippen molar-refractivity contribution >= 4 is 17.7 Å². The second kappa shape index (κ2) is 6.35. The number of nitrogens with two attached hydrogens (primary N) is 1. The largest absolute Gasteiger partial charge is 0.450 e. The Morgan fingerprint density at radius 3 is 2.56 bits per heavy atom. The maximum atomic E-state index is 10.4. The second-order valence-corrected chi connectivity index (χ2v) is 3.67. The predicted molar refractivity (Wildman–Crippen MR) is 61.4 cm³/mol. The van der Waals surface area contributed by atoms with Crippen molar-refractivity contribution in [2.24, 2.45) is 5.73 Å². The van der Waals surface area contributed by atoms with E-state index in [1.54, 1.807) is 19.2 Å². The van der Waals surface area contributed by atoms with Crippen molar-refractivity contribution in [1.82, 2.24) is 0 Å². The molecule has 0 unspecified atom stereocenters. The maximum Gasteiger partial charge on any atom is 0.404 e. The third kappa shape index (κ3) is 4.08. The van der Waals surface area contributed by atoms with E-state index in [0.717, 1.165) is 5.56 Å². The normalized spacial score (nSPS) is 12.1. The number of hydrogen-bond donors (Lipinski definition) is 1. The molecule has 0 aliphatic carbocycles. The number of benzene rings is 1. The minimum Gasteiger partial charge on any atom is -0.450 e. The van der Waals surface area contributed by atoms with Gasteiger partial charge in [-0.1, -0.05) is 23.7 Å². The molecule has 0 heterocycles. The molecule has 1 aromatic rings. The van der Waals surface area contributed by atoms with Crippen molar-refractivity contribution in [3.05, 3.63) is 34.9 Å². The van der Waals surface area contributed by atoms with Crippen LogP contribution in [-0.4, -0.2) is 19.8 Å². The Kier molecular flexibility index (Phi) is 5.08. The fourth-order valence-electron chi connectivity index (χ4n) is 1.36. The molecule has 1 amide bonds. The van der Waals surface area contributed by atoms with Crippen LogP contribution in [0.4, 0.5) is 4.79 Å². The first-order valence-electron chi connectivity index (χ1n) is 4.84. The molecule has 0 bridgehead atoms. The molecule has 0 spiro atoms. The molecule has 4 nitrogen and oxygen atoms in total. The Bertz CT molecular complexity index is 340. The Morgan fingerprint density at radius 2 is 2.06 bits per heavy atom. The minimum atomic E-state index is -0.772. The summed E-state index contributed by atoms with van der Waals surface area (Å²) in [7, 11) is 1.60. The highest BCUT2D eigenvalue weighted by Crippen LogP contribution is 2.22. The molecule has 0 saturated heterocycles. The lowest BCUT2D eigenvalue weighted by Crippen LogP contribution is -2.15. The van der Waals surface area contributed by atoms with E-state index in [4.69, 9.17) is 22.1 Å². The van der Waals surface area contributed by atoms with E-state index in [2.05, 4.69) is 4.74 Å².